The van der Waals surface area contributed by atoms with Gasteiger partial charge < -0.3 is 25.6 Å². The summed E-state index contributed by atoms with van der Waals surface area (Å²) in [7, 11) is 2.19. The van der Waals surface area contributed by atoms with Crippen molar-refractivity contribution in [3.8, 4) is 0 Å². The number of nitrogens with two attached hydrogens (primary N) is 1. The number of hydrogen-bond acceptors (Lipinski definition) is 5. The van der Waals surface area contributed by atoms with Crippen LogP contribution in [0.3, 0.4) is 0 Å². The molecule has 2 fully saturated rings. The van der Waals surface area contributed by atoms with Gasteiger partial charge in [0.1, 0.15) is 0 Å². The number of likely N-dealkylation sites (N-methyl/N-ethyl adjacent to an activating group) is 1. The molecule has 0 aromatic heterocycles. The first kappa shape index (κ1) is 19.4. The van der Waals surface area contributed by atoms with Crippen LogP contribution in [0, 0.1) is 5.92 Å². The van der Waals surface area contributed by atoms with Crippen LogP contribution in [-0.4, -0.2) is 106 Å². The lowest BCUT2D eigenvalue weighted by Crippen LogP contribution is -2.46. The maximum Gasteiger partial charge on any atom is 0.188 e. The van der Waals surface area contributed by atoms with E-state index < -0.39 is 0 Å². The van der Waals surface area contributed by atoms with Crippen molar-refractivity contribution >= 4 is 5.96 Å². The topological polar surface area (TPSA) is 69.4 Å². The number of hydrogen-bond donors (Lipinski definition) is 2. The second kappa shape index (κ2) is 10.9. The van der Waals surface area contributed by atoms with Crippen molar-refractivity contribution in [2.75, 3.05) is 85.7 Å². The van der Waals surface area contributed by atoms with E-state index in [9.17, 15) is 0 Å². The Labute approximate surface area is 147 Å². The summed E-state index contributed by atoms with van der Waals surface area (Å²) in [5.41, 5.74) is 5.98. The first-order valence-electron chi connectivity index (χ1n) is 9.38. The smallest absolute Gasteiger partial charge is 0.188 e. The Morgan fingerprint density at radius 2 is 1.83 bits per heavy atom. The maximum atomic E-state index is 5.98. The quantitative estimate of drug-likeness (QED) is 0.353. The highest BCUT2D eigenvalue weighted by Crippen LogP contribution is 2.05. The number of ether oxygens (including phenoxy) is 1. The predicted octanol–water partition coefficient (Wildman–Crippen LogP) is -0.503. The van der Waals surface area contributed by atoms with Gasteiger partial charge >= 0.3 is 0 Å². The number of guanidine groups is 1. The molecule has 0 aromatic carbocycles. The van der Waals surface area contributed by atoms with Crippen LogP contribution < -0.4 is 11.1 Å². The minimum atomic E-state index is 0.544. The van der Waals surface area contributed by atoms with Crippen LogP contribution in [0.1, 0.15) is 13.3 Å². The number of morpholine rings is 1. The minimum absolute atomic E-state index is 0.544. The van der Waals surface area contributed by atoms with Crippen LogP contribution in [-0.2, 0) is 4.74 Å². The number of rotatable bonds is 8. The SMILES string of the molecule is CC(CN=C(N)NCCCN1CCOCC1)CN1CCN(C)CC1. The molecule has 2 heterocycles. The summed E-state index contributed by atoms with van der Waals surface area (Å²) in [6.45, 7) is 14.7. The predicted molar refractivity (Wildman–Crippen MR) is 99.5 cm³/mol. The van der Waals surface area contributed by atoms with Crippen LogP contribution in [0.25, 0.3) is 0 Å². The van der Waals surface area contributed by atoms with E-state index in [-0.39, 0.29) is 0 Å². The summed E-state index contributed by atoms with van der Waals surface area (Å²) in [5, 5.41) is 3.24. The van der Waals surface area contributed by atoms with Gasteiger partial charge in [-0.15, -0.1) is 0 Å². The third-order valence-electron chi connectivity index (χ3n) is 4.80. The molecule has 1 unspecified atom stereocenters. The lowest BCUT2D eigenvalue weighted by atomic mass is 10.1. The highest BCUT2D eigenvalue weighted by atomic mass is 16.5. The van der Waals surface area contributed by atoms with Crippen molar-refractivity contribution in [2.24, 2.45) is 16.6 Å². The van der Waals surface area contributed by atoms with Crippen molar-refractivity contribution in [2.45, 2.75) is 13.3 Å². The van der Waals surface area contributed by atoms with Gasteiger partial charge in [0.15, 0.2) is 5.96 Å². The zero-order chi connectivity index (χ0) is 17.2. The molecule has 0 bridgehead atoms. The summed E-state index contributed by atoms with van der Waals surface area (Å²) in [6, 6.07) is 0. The number of piperazine rings is 1. The van der Waals surface area contributed by atoms with E-state index >= 15 is 0 Å². The van der Waals surface area contributed by atoms with Crippen molar-refractivity contribution in [1.82, 2.24) is 20.0 Å². The summed E-state index contributed by atoms with van der Waals surface area (Å²) in [5.74, 6) is 1.13. The highest BCUT2D eigenvalue weighted by Gasteiger charge is 2.15. The molecule has 2 aliphatic heterocycles. The molecule has 2 saturated heterocycles. The molecule has 2 aliphatic rings. The lowest BCUT2D eigenvalue weighted by molar-refractivity contribution is 0.0376. The van der Waals surface area contributed by atoms with Crippen molar-refractivity contribution < 1.29 is 4.74 Å². The van der Waals surface area contributed by atoms with Crippen LogP contribution in [0.2, 0.25) is 0 Å². The van der Waals surface area contributed by atoms with Gasteiger partial charge in [-0.1, -0.05) is 6.92 Å². The monoisotopic (exact) mass is 340 g/mol. The molecule has 0 aliphatic carbocycles. The third-order valence-corrected chi connectivity index (χ3v) is 4.80. The summed E-state index contributed by atoms with van der Waals surface area (Å²) >= 11 is 0. The molecule has 7 heteroatoms. The lowest BCUT2D eigenvalue weighted by Gasteiger charge is -2.33. The average molecular weight is 341 g/mol. The molecule has 0 spiro atoms. The Hall–Kier alpha value is -0.890. The Balaban J connectivity index is 1.52. The first-order chi connectivity index (χ1) is 11.6. The zero-order valence-electron chi connectivity index (χ0n) is 15.5. The number of nitrogens with one attached hydrogen (secondary N) is 1. The van der Waals surface area contributed by atoms with Crippen molar-refractivity contribution in [3.63, 3.8) is 0 Å². The van der Waals surface area contributed by atoms with Crippen molar-refractivity contribution in [3.05, 3.63) is 0 Å². The van der Waals surface area contributed by atoms with Gasteiger partial charge in [0, 0.05) is 58.9 Å². The Bertz CT molecular complexity index is 364. The van der Waals surface area contributed by atoms with Crippen molar-refractivity contribution in [1.29, 1.82) is 0 Å². The fourth-order valence-corrected chi connectivity index (χ4v) is 3.18. The van der Waals surface area contributed by atoms with Crippen LogP contribution in [0.15, 0.2) is 4.99 Å². The first-order valence-corrected chi connectivity index (χ1v) is 9.38. The van der Waals surface area contributed by atoms with Crippen LogP contribution in [0.4, 0.5) is 0 Å². The van der Waals surface area contributed by atoms with Gasteiger partial charge in [0.2, 0.25) is 0 Å². The maximum absolute atomic E-state index is 5.98. The highest BCUT2D eigenvalue weighted by molar-refractivity contribution is 5.77. The second-order valence-electron chi connectivity index (χ2n) is 7.17. The fourth-order valence-electron chi connectivity index (χ4n) is 3.18. The van der Waals surface area contributed by atoms with Gasteiger partial charge in [-0.3, -0.25) is 9.89 Å². The summed E-state index contributed by atoms with van der Waals surface area (Å²) < 4.78 is 5.36. The molecular weight excluding hydrogens is 304 g/mol. The van der Waals surface area contributed by atoms with E-state index in [1.54, 1.807) is 0 Å². The standard InChI is InChI=1S/C17H36N6O/c1-16(15-23-8-6-21(2)7-9-23)14-20-17(18)19-4-3-5-22-10-12-24-13-11-22/h16H,3-15H2,1-2H3,(H3,18,19,20). The Morgan fingerprint density at radius 3 is 2.54 bits per heavy atom. The molecule has 7 nitrogen and oxygen atoms in total. The molecule has 2 rings (SSSR count). The third kappa shape index (κ3) is 7.79. The van der Waals surface area contributed by atoms with E-state index in [1.807, 2.05) is 0 Å². The molecule has 24 heavy (non-hydrogen) atoms. The van der Waals surface area contributed by atoms with E-state index in [0.29, 0.717) is 11.9 Å². The largest absolute Gasteiger partial charge is 0.379 e. The van der Waals surface area contributed by atoms with Gasteiger partial charge in [0.25, 0.3) is 0 Å². The van der Waals surface area contributed by atoms with Gasteiger partial charge in [-0.2, -0.15) is 0 Å². The average Bonchev–Trinajstić information content (AvgIpc) is 2.60. The van der Waals surface area contributed by atoms with E-state index in [2.05, 4.69) is 39.0 Å². The molecule has 0 radical (unpaired) electrons. The van der Waals surface area contributed by atoms with Crippen LogP contribution >= 0.6 is 0 Å². The Kier molecular flexibility index (Phi) is 8.80. The Morgan fingerprint density at radius 1 is 1.12 bits per heavy atom. The summed E-state index contributed by atoms with van der Waals surface area (Å²) in [6.07, 6.45) is 1.09. The molecule has 0 aromatic rings. The molecule has 0 amide bonds. The van der Waals surface area contributed by atoms with Gasteiger partial charge in [-0.25, -0.2) is 0 Å². The number of nitrogens with zero attached hydrogens (tertiary/aromatic N) is 4. The minimum Gasteiger partial charge on any atom is -0.379 e. The van der Waals surface area contributed by atoms with E-state index in [4.69, 9.17) is 10.5 Å². The van der Waals surface area contributed by atoms with Crippen LogP contribution in [0.5, 0.6) is 0 Å². The summed E-state index contributed by atoms with van der Waals surface area (Å²) in [4.78, 5) is 11.9. The van der Waals surface area contributed by atoms with E-state index in [0.717, 1.165) is 58.9 Å². The molecular formula is C17H36N6O. The molecule has 1 atom stereocenters. The fraction of sp³-hybridized carbons (Fsp3) is 0.941. The number of aliphatic imine (C=N–C) groups is 1. The second-order valence-corrected chi connectivity index (χ2v) is 7.17. The molecule has 0 saturated carbocycles. The molecule has 140 valence electrons. The zero-order valence-corrected chi connectivity index (χ0v) is 15.5. The normalized spacial score (nSPS) is 23.3. The van der Waals surface area contributed by atoms with Gasteiger partial charge in [-0.05, 0) is 25.9 Å². The molecule has 3 N–H and O–H groups in total. The van der Waals surface area contributed by atoms with Gasteiger partial charge in [0.05, 0.1) is 13.2 Å². The van der Waals surface area contributed by atoms with E-state index in [1.165, 1.54) is 26.2 Å².